The third-order valence-electron chi connectivity index (χ3n) is 0.918. The van der Waals surface area contributed by atoms with Gasteiger partial charge in [0.05, 0.1) is 11.6 Å². The van der Waals surface area contributed by atoms with Crippen LogP contribution in [0.4, 0.5) is 0 Å². The normalized spacial score (nSPS) is 8.20. The van der Waals surface area contributed by atoms with E-state index in [9.17, 15) is 0 Å². The molecule has 2 N–H and O–H groups in total. The Bertz CT molecular complexity index is 205. The minimum Gasteiger partial charge on any atom is -0.480 e. The van der Waals surface area contributed by atoms with E-state index in [0.29, 0.717) is 5.88 Å². The summed E-state index contributed by atoms with van der Waals surface area (Å²) in [7, 11) is 1.59. The number of nitrogens with zero attached hydrogens (tertiary/aromatic N) is 1. The molecular weight excluding hydrogens is 198 g/mol. The Morgan fingerprint density at radius 3 is 2.70 bits per heavy atom. The summed E-state index contributed by atoms with van der Waals surface area (Å²) in [5.41, 5.74) is 0. The summed E-state index contributed by atoms with van der Waals surface area (Å²) in [4.78, 5) is 3.93. The van der Waals surface area contributed by atoms with Crippen LogP contribution in [0.5, 0.6) is 5.88 Å². The quantitative estimate of drug-likeness (QED) is 0.688. The zero-order valence-electron chi connectivity index (χ0n) is 5.47. The lowest BCUT2D eigenvalue weighted by Gasteiger charge is -1.97. The minimum atomic E-state index is 0. The number of methoxy groups -OCH3 is 1. The first kappa shape index (κ1) is 9.39. The highest BCUT2D eigenvalue weighted by Crippen LogP contribution is 2.19. The van der Waals surface area contributed by atoms with Crippen LogP contribution < -0.4 is 4.74 Å². The predicted molar refractivity (Wildman–Crippen MR) is 42.1 cm³/mol. The number of aromatic nitrogens is 1. The van der Waals surface area contributed by atoms with Gasteiger partial charge in [-0.2, -0.15) is 0 Å². The Balaban J connectivity index is 0.000000810. The highest BCUT2D eigenvalue weighted by atomic mass is 79.9. The van der Waals surface area contributed by atoms with Gasteiger partial charge in [0.2, 0.25) is 5.88 Å². The van der Waals surface area contributed by atoms with Gasteiger partial charge in [-0.25, -0.2) is 4.98 Å². The zero-order valence-corrected chi connectivity index (χ0v) is 7.05. The Kier molecular flexibility index (Phi) is 3.99. The van der Waals surface area contributed by atoms with Crippen LogP contribution in [0.15, 0.2) is 22.8 Å². The molecule has 0 aliphatic rings. The third-order valence-corrected chi connectivity index (χ3v) is 1.52. The Morgan fingerprint density at radius 1 is 1.60 bits per heavy atom. The second-order valence-electron chi connectivity index (χ2n) is 1.49. The molecule has 0 amide bonds. The summed E-state index contributed by atoms with van der Waals surface area (Å²) in [6.07, 6.45) is 1.68. The maximum atomic E-state index is 4.89. The van der Waals surface area contributed by atoms with Crippen molar-refractivity contribution in [3.63, 3.8) is 0 Å². The second-order valence-corrected chi connectivity index (χ2v) is 2.35. The third kappa shape index (κ3) is 1.97. The highest BCUT2D eigenvalue weighted by Gasteiger charge is 1.95. The molecule has 0 aliphatic carbocycles. The van der Waals surface area contributed by atoms with Gasteiger partial charge in [0.15, 0.2) is 0 Å². The van der Waals surface area contributed by atoms with E-state index in [0.717, 1.165) is 4.47 Å². The largest absolute Gasteiger partial charge is 0.480 e. The van der Waals surface area contributed by atoms with Crippen LogP contribution >= 0.6 is 15.9 Å². The van der Waals surface area contributed by atoms with Gasteiger partial charge in [-0.15, -0.1) is 0 Å². The fraction of sp³-hybridized carbons (Fsp3) is 0.167. The number of hydrogen-bond acceptors (Lipinski definition) is 2. The van der Waals surface area contributed by atoms with Crippen molar-refractivity contribution in [2.24, 2.45) is 0 Å². The van der Waals surface area contributed by atoms with Gasteiger partial charge in [-0.1, -0.05) is 0 Å². The van der Waals surface area contributed by atoms with Crippen LogP contribution in [0.1, 0.15) is 0 Å². The first-order valence-corrected chi connectivity index (χ1v) is 3.28. The first-order valence-electron chi connectivity index (χ1n) is 2.49. The van der Waals surface area contributed by atoms with Crippen LogP contribution in [0.2, 0.25) is 0 Å². The molecule has 0 aromatic carbocycles. The standard InChI is InChI=1S/C6H6BrNO.H2O/c1-9-6-5(7)3-2-4-8-6;/h2-4H,1H3;1H2. The number of hydrogen-bond donors (Lipinski definition) is 0. The lowest BCUT2D eigenvalue weighted by molar-refractivity contribution is 0.395. The molecule has 0 radical (unpaired) electrons. The summed E-state index contributed by atoms with van der Waals surface area (Å²) in [6.45, 7) is 0. The number of pyridine rings is 1. The van der Waals surface area contributed by atoms with E-state index in [1.165, 1.54) is 0 Å². The molecule has 0 unspecified atom stereocenters. The molecule has 56 valence electrons. The van der Waals surface area contributed by atoms with Crippen LogP contribution in [-0.4, -0.2) is 17.6 Å². The Labute approximate surface area is 67.5 Å². The molecule has 0 aliphatic heterocycles. The molecule has 0 spiro atoms. The van der Waals surface area contributed by atoms with Gasteiger partial charge >= 0.3 is 0 Å². The van der Waals surface area contributed by atoms with Crippen LogP contribution in [-0.2, 0) is 0 Å². The lowest BCUT2D eigenvalue weighted by atomic mass is 10.5. The minimum absolute atomic E-state index is 0. The monoisotopic (exact) mass is 205 g/mol. The fourth-order valence-corrected chi connectivity index (χ4v) is 0.938. The molecule has 0 atom stereocenters. The summed E-state index contributed by atoms with van der Waals surface area (Å²) < 4.78 is 5.77. The van der Waals surface area contributed by atoms with E-state index in [2.05, 4.69) is 20.9 Å². The van der Waals surface area contributed by atoms with Crippen molar-refractivity contribution in [1.82, 2.24) is 4.98 Å². The Morgan fingerprint density at radius 2 is 2.30 bits per heavy atom. The SMILES string of the molecule is COc1ncccc1Br.O. The van der Waals surface area contributed by atoms with E-state index in [1.54, 1.807) is 13.3 Å². The van der Waals surface area contributed by atoms with Crippen molar-refractivity contribution in [2.45, 2.75) is 0 Å². The molecule has 3 nitrogen and oxygen atoms in total. The van der Waals surface area contributed by atoms with Crippen molar-refractivity contribution in [3.8, 4) is 5.88 Å². The summed E-state index contributed by atoms with van der Waals surface area (Å²) in [5.74, 6) is 0.623. The number of ether oxygens (including phenoxy) is 1. The maximum absolute atomic E-state index is 4.89. The van der Waals surface area contributed by atoms with E-state index in [1.807, 2.05) is 12.1 Å². The van der Waals surface area contributed by atoms with Crippen molar-refractivity contribution in [1.29, 1.82) is 0 Å². The topological polar surface area (TPSA) is 53.6 Å². The smallest absolute Gasteiger partial charge is 0.227 e. The van der Waals surface area contributed by atoms with E-state index in [-0.39, 0.29) is 5.48 Å². The first-order chi connectivity index (χ1) is 4.34. The van der Waals surface area contributed by atoms with Gasteiger partial charge in [0.1, 0.15) is 0 Å². The van der Waals surface area contributed by atoms with Gasteiger partial charge in [-0.3, -0.25) is 0 Å². The average Bonchev–Trinajstić information content (AvgIpc) is 1.89. The molecule has 0 saturated heterocycles. The van der Waals surface area contributed by atoms with Gasteiger partial charge in [-0.05, 0) is 28.1 Å². The molecule has 1 heterocycles. The van der Waals surface area contributed by atoms with Crippen molar-refractivity contribution in [2.75, 3.05) is 7.11 Å². The molecule has 1 aromatic rings. The molecular formula is C6H8BrNO2. The van der Waals surface area contributed by atoms with Gasteiger partial charge in [0, 0.05) is 6.20 Å². The number of rotatable bonds is 1. The van der Waals surface area contributed by atoms with Crippen LogP contribution in [0.3, 0.4) is 0 Å². The zero-order chi connectivity index (χ0) is 6.69. The van der Waals surface area contributed by atoms with E-state index in [4.69, 9.17) is 4.74 Å². The summed E-state index contributed by atoms with van der Waals surface area (Å²) >= 11 is 3.27. The maximum Gasteiger partial charge on any atom is 0.227 e. The van der Waals surface area contributed by atoms with Crippen molar-refractivity contribution >= 4 is 15.9 Å². The lowest BCUT2D eigenvalue weighted by Crippen LogP contribution is -1.86. The van der Waals surface area contributed by atoms with Crippen LogP contribution in [0, 0.1) is 0 Å². The van der Waals surface area contributed by atoms with E-state index >= 15 is 0 Å². The second kappa shape index (κ2) is 4.24. The molecule has 4 heteroatoms. The molecule has 0 saturated carbocycles. The average molecular weight is 206 g/mol. The summed E-state index contributed by atoms with van der Waals surface area (Å²) in [5, 5.41) is 0. The molecule has 0 fully saturated rings. The van der Waals surface area contributed by atoms with E-state index < -0.39 is 0 Å². The summed E-state index contributed by atoms with van der Waals surface area (Å²) in [6, 6.07) is 3.72. The molecule has 1 rings (SSSR count). The molecule has 1 aromatic heterocycles. The Hall–Kier alpha value is -0.610. The highest BCUT2D eigenvalue weighted by molar-refractivity contribution is 9.10. The van der Waals surface area contributed by atoms with Crippen molar-refractivity contribution in [3.05, 3.63) is 22.8 Å². The van der Waals surface area contributed by atoms with Gasteiger partial charge in [0.25, 0.3) is 0 Å². The van der Waals surface area contributed by atoms with Crippen molar-refractivity contribution < 1.29 is 10.2 Å². The fourth-order valence-electron chi connectivity index (χ4n) is 0.521. The molecule has 0 bridgehead atoms. The molecule has 10 heavy (non-hydrogen) atoms. The number of halogens is 1. The van der Waals surface area contributed by atoms with Gasteiger partial charge < -0.3 is 10.2 Å². The predicted octanol–water partition coefficient (Wildman–Crippen LogP) is 1.03. The van der Waals surface area contributed by atoms with Crippen LogP contribution in [0.25, 0.3) is 0 Å².